The maximum Gasteiger partial charge on any atom is 0.226 e. The number of benzene rings is 2. The zero-order chi connectivity index (χ0) is 15.5. The number of nitrogens with zero attached hydrogens (tertiary/aromatic N) is 1. The SMILES string of the molecule is O=C(CCn1ccc2ccc(F)cc21)Nc1cccc(O)c1. The third-order valence-corrected chi connectivity index (χ3v) is 3.45. The van der Waals surface area contributed by atoms with Crippen molar-refractivity contribution < 1.29 is 14.3 Å². The summed E-state index contributed by atoms with van der Waals surface area (Å²) < 4.78 is 15.1. The number of aromatic hydroxyl groups is 1. The lowest BCUT2D eigenvalue weighted by atomic mass is 10.2. The molecule has 0 atom stereocenters. The van der Waals surface area contributed by atoms with Gasteiger partial charge in [0.05, 0.1) is 5.52 Å². The number of hydrogen-bond acceptors (Lipinski definition) is 2. The van der Waals surface area contributed by atoms with Crippen molar-refractivity contribution in [3.8, 4) is 5.75 Å². The van der Waals surface area contributed by atoms with E-state index in [2.05, 4.69) is 5.32 Å². The van der Waals surface area contributed by atoms with Crippen LogP contribution in [0.5, 0.6) is 5.75 Å². The van der Waals surface area contributed by atoms with Gasteiger partial charge in [0.25, 0.3) is 0 Å². The predicted molar refractivity (Wildman–Crippen MR) is 83.2 cm³/mol. The number of phenols is 1. The van der Waals surface area contributed by atoms with Crippen molar-refractivity contribution >= 4 is 22.5 Å². The summed E-state index contributed by atoms with van der Waals surface area (Å²) in [6, 6.07) is 12.9. The quantitative estimate of drug-likeness (QED) is 0.774. The van der Waals surface area contributed by atoms with Crippen molar-refractivity contribution in [2.75, 3.05) is 5.32 Å². The molecule has 2 aromatic carbocycles. The summed E-state index contributed by atoms with van der Waals surface area (Å²) in [7, 11) is 0. The van der Waals surface area contributed by atoms with Gasteiger partial charge in [0.2, 0.25) is 5.91 Å². The highest BCUT2D eigenvalue weighted by Crippen LogP contribution is 2.18. The largest absolute Gasteiger partial charge is 0.508 e. The third kappa shape index (κ3) is 3.09. The number of anilines is 1. The lowest BCUT2D eigenvalue weighted by Crippen LogP contribution is -2.14. The molecule has 2 N–H and O–H groups in total. The smallest absolute Gasteiger partial charge is 0.226 e. The first-order valence-electron chi connectivity index (χ1n) is 6.95. The number of aromatic nitrogens is 1. The second kappa shape index (κ2) is 5.89. The Labute approximate surface area is 126 Å². The number of carbonyl (C=O) groups is 1. The summed E-state index contributed by atoms with van der Waals surface area (Å²) >= 11 is 0. The van der Waals surface area contributed by atoms with E-state index < -0.39 is 0 Å². The van der Waals surface area contributed by atoms with Crippen LogP contribution in [0.4, 0.5) is 10.1 Å². The van der Waals surface area contributed by atoms with Gasteiger partial charge in [-0.3, -0.25) is 4.79 Å². The number of halogens is 1. The van der Waals surface area contributed by atoms with E-state index in [1.807, 2.05) is 16.8 Å². The van der Waals surface area contributed by atoms with E-state index in [9.17, 15) is 14.3 Å². The molecule has 0 radical (unpaired) electrons. The summed E-state index contributed by atoms with van der Waals surface area (Å²) in [6.07, 6.45) is 2.10. The minimum atomic E-state index is -0.295. The van der Waals surface area contributed by atoms with Gasteiger partial charge < -0.3 is 15.0 Å². The minimum absolute atomic E-state index is 0.102. The predicted octanol–water partition coefficient (Wildman–Crippen LogP) is 3.51. The standard InChI is InChI=1S/C17H15FN2O2/c18-13-5-4-12-6-8-20(16(12)10-13)9-7-17(22)19-14-2-1-3-15(21)11-14/h1-6,8,10-11,21H,7,9H2,(H,19,22). The van der Waals surface area contributed by atoms with E-state index in [4.69, 9.17) is 0 Å². The third-order valence-electron chi connectivity index (χ3n) is 3.45. The molecule has 1 amide bonds. The van der Waals surface area contributed by atoms with Gasteiger partial charge in [0.1, 0.15) is 11.6 Å². The second-order valence-electron chi connectivity index (χ2n) is 5.06. The molecule has 4 nitrogen and oxygen atoms in total. The normalized spacial score (nSPS) is 10.8. The summed E-state index contributed by atoms with van der Waals surface area (Å²) in [4.78, 5) is 11.9. The van der Waals surface area contributed by atoms with E-state index in [1.165, 1.54) is 24.3 Å². The lowest BCUT2D eigenvalue weighted by molar-refractivity contribution is -0.116. The topological polar surface area (TPSA) is 54.3 Å². The van der Waals surface area contributed by atoms with Gasteiger partial charge in [0, 0.05) is 30.9 Å². The summed E-state index contributed by atoms with van der Waals surface area (Å²) in [5.74, 6) is -0.356. The van der Waals surface area contributed by atoms with Crippen molar-refractivity contribution in [1.29, 1.82) is 0 Å². The molecular weight excluding hydrogens is 283 g/mol. The van der Waals surface area contributed by atoms with Crippen LogP contribution in [-0.4, -0.2) is 15.6 Å². The Morgan fingerprint density at radius 1 is 1.18 bits per heavy atom. The van der Waals surface area contributed by atoms with Crippen LogP contribution in [0.15, 0.2) is 54.7 Å². The van der Waals surface area contributed by atoms with Crippen LogP contribution in [0, 0.1) is 5.82 Å². The van der Waals surface area contributed by atoms with Crippen LogP contribution in [-0.2, 0) is 11.3 Å². The Morgan fingerprint density at radius 3 is 2.86 bits per heavy atom. The molecule has 0 bridgehead atoms. The molecule has 0 saturated carbocycles. The van der Waals surface area contributed by atoms with Crippen LogP contribution in [0.2, 0.25) is 0 Å². The van der Waals surface area contributed by atoms with E-state index >= 15 is 0 Å². The summed E-state index contributed by atoms with van der Waals surface area (Å²) in [5, 5.41) is 13.0. The highest BCUT2D eigenvalue weighted by Gasteiger charge is 2.06. The number of aryl methyl sites for hydroxylation is 1. The molecule has 0 aliphatic heterocycles. The molecule has 0 aliphatic carbocycles. The molecular formula is C17H15FN2O2. The first-order chi connectivity index (χ1) is 10.6. The first-order valence-corrected chi connectivity index (χ1v) is 6.95. The Kier molecular flexibility index (Phi) is 3.78. The highest BCUT2D eigenvalue weighted by molar-refractivity contribution is 5.91. The maximum atomic E-state index is 13.3. The van der Waals surface area contributed by atoms with Crippen molar-refractivity contribution in [3.63, 3.8) is 0 Å². The Morgan fingerprint density at radius 2 is 2.05 bits per heavy atom. The molecule has 0 spiro atoms. The van der Waals surface area contributed by atoms with Crippen LogP contribution in [0.25, 0.3) is 10.9 Å². The minimum Gasteiger partial charge on any atom is -0.508 e. The number of rotatable bonds is 4. The summed E-state index contributed by atoms with van der Waals surface area (Å²) in [5.41, 5.74) is 1.32. The van der Waals surface area contributed by atoms with Gasteiger partial charge >= 0.3 is 0 Å². The van der Waals surface area contributed by atoms with Gasteiger partial charge in [0.15, 0.2) is 0 Å². The Bertz CT molecular complexity index is 826. The number of hydrogen-bond donors (Lipinski definition) is 2. The molecule has 112 valence electrons. The van der Waals surface area contributed by atoms with Crippen LogP contribution < -0.4 is 5.32 Å². The molecule has 22 heavy (non-hydrogen) atoms. The maximum absolute atomic E-state index is 13.3. The van der Waals surface area contributed by atoms with Crippen LogP contribution >= 0.6 is 0 Å². The van der Waals surface area contributed by atoms with Crippen LogP contribution in [0.3, 0.4) is 0 Å². The van der Waals surface area contributed by atoms with Crippen molar-refractivity contribution in [2.45, 2.75) is 13.0 Å². The fraction of sp³-hybridized carbons (Fsp3) is 0.118. The number of carbonyl (C=O) groups excluding carboxylic acids is 1. The Balaban J connectivity index is 1.66. The fourth-order valence-corrected chi connectivity index (χ4v) is 2.38. The van der Waals surface area contributed by atoms with E-state index in [-0.39, 0.29) is 23.9 Å². The fourth-order valence-electron chi connectivity index (χ4n) is 2.38. The molecule has 0 saturated heterocycles. The average molecular weight is 298 g/mol. The number of phenolic OH excluding ortho intramolecular Hbond substituents is 1. The molecule has 5 heteroatoms. The van der Waals surface area contributed by atoms with E-state index in [0.717, 1.165) is 10.9 Å². The second-order valence-corrected chi connectivity index (χ2v) is 5.06. The molecule has 0 fully saturated rings. The molecule has 1 aromatic heterocycles. The monoisotopic (exact) mass is 298 g/mol. The molecule has 3 rings (SSSR count). The highest BCUT2D eigenvalue weighted by atomic mass is 19.1. The average Bonchev–Trinajstić information content (AvgIpc) is 2.87. The molecule has 0 unspecified atom stereocenters. The van der Waals surface area contributed by atoms with Gasteiger partial charge in [-0.15, -0.1) is 0 Å². The molecule has 1 heterocycles. The van der Waals surface area contributed by atoms with Gasteiger partial charge in [-0.1, -0.05) is 6.07 Å². The molecule has 3 aromatic rings. The van der Waals surface area contributed by atoms with Gasteiger partial charge in [-0.25, -0.2) is 4.39 Å². The first kappa shape index (κ1) is 14.1. The van der Waals surface area contributed by atoms with E-state index in [0.29, 0.717) is 12.2 Å². The zero-order valence-electron chi connectivity index (χ0n) is 11.8. The zero-order valence-corrected chi connectivity index (χ0v) is 11.8. The summed E-state index contributed by atoms with van der Waals surface area (Å²) in [6.45, 7) is 0.456. The number of amides is 1. The van der Waals surface area contributed by atoms with E-state index in [1.54, 1.807) is 18.2 Å². The number of nitrogens with one attached hydrogen (secondary N) is 1. The number of fused-ring (bicyclic) bond motifs is 1. The lowest BCUT2D eigenvalue weighted by Gasteiger charge is -2.07. The van der Waals surface area contributed by atoms with Crippen LogP contribution in [0.1, 0.15) is 6.42 Å². The van der Waals surface area contributed by atoms with Crippen molar-refractivity contribution in [2.24, 2.45) is 0 Å². The van der Waals surface area contributed by atoms with Crippen molar-refractivity contribution in [1.82, 2.24) is 4.57 Å². The Hall–Kier alpha value is -2.82. The van der Waals surface area contributed by atoms with Crippen molar-refractivity contribution in [3.05, 3.63) is 60.5 Å². The van der Waals surface area contributed by atoms with Gasteiger partial charge in [-0.05, 0) is 41.8 Å². The van der Waals surface area contributed by atoms with Gasteiger partial charge in [-0.2, -0.15) is 0 Å². The molecule has 0 aliphatic rings.